The first-order valence-corrected chi connectivity index (χ1v) is 6.16. The largest absolute Gasteiger partial charge is 0.508 e. The van der Waals surface area contributed by atoms with Crippen molar-refractivity contribution in [2.45, 2.75) is 6.18 Å². The minimum Gasteiger partial charge on any atom is -0.508 e. The summed E-state index contributed by atoms with van der Waals surface area (Å²) in [6, 6.07) is 8.07. The van der Waals surface area contributed by atoms with Crippen molar-refractivity contribution in [1.29, 1.82) is 0 Å². The van der Waals surface area contributed by atoms with E-state index < -0.39 is 17.6 Å². The molecule has 0 unspecified atom stereocenters. The molecule has 1 aromatic heterocycles. The highest BCUT2D eigenvalue weighted by atomic mass is 19.4. The van der Waals surface area contributed by atoms with Crippen LogP contribution in [-0.2, 0) is 11.0 Å². The molecule has 0 fully saturated rings. The topological polar surface area (TPSA) is 62.2 Å². The Balaban J connectivity index is 1.98. The molecule has 2 N–H and O–H groups in total. The van der Waals surface area contributed by atoms with Crippen LogP contribution in [0, 0.1) is 0 Å². The van der Waals surface area contributed by atoms with Crippen LogP contribution in [0.15, 0.2) is 48.7 Å². The Morgan fingerprint density at radius 2 is 1.82 bits per heavy atom. The van der Waals surface area contributed by atoms with Gasteiger partial charge in [0.15, 0.2) is 0 Å². The van der Waals surface area contributed by atoms with Crippen molar-refractivity contribution >= 4 is 17.8 Å². The van der Waals surface area contributed by atoms with Crippen molar-refractivity contribution in [3.8, 4) is 5.75 Å². The molecule has 0 saturated heterocycles. The van der Waals surface area contributed by atoms with Gasteiger partial charge in [0.2, 0.25) is 5.91 Å². The first-order valence-electron chi connectivity index (χ1n) is 6.16. The lowest BCUT2D eigenvalue weighted by Gasteiger charge is -2.06. The molecule has 1 heterocycles. The predicted molar refractivity (Wildman–Crippen MR) is 75.0 cm³/mol. The Hall–Kier alpha value is -2.83. The van der Waals surface area contributed by atoms with Gasteiger partial charge in [0.1, 0.15) is 11.6 Å². The molecule has 4 nitrogen and oxygen atoms in total. The first kappa shape index (κ1) is 15.6. The lowest BCUT2D eigenvalue weighted by atomic mass is 10.2. The van der Waals surface area contributed by atoms with Crippen LogP contribution in [0.1, 0.15) is 11.1 Å². The lowest BCUT2D eigenvalue weighted by molar-refractivity contribution is -0.137. The van der Waals surface area contributed by atoms with Crippen LogP contribution in [0.2, 0.25) is 0 Å². The fraction of sp³-hybridized carbons (Fsp3) is 0.0667. The molecule has 7 heteroatoms. The molecule has 0 aliphatic carbocycles. The average molecular weight is 308 g/mol. The van der Waals surface area contributed by atoms with Gasteiger partial charge in [0.05, 0.1) is 5.56 Å². The van der Waals surface area contributed by atoms with E-state index in [0.29, 0.717) is 11.8 Å². The SMILES string of the molecule is O=C(/C=C/c1ccc(O)cc1)Nc1ccc(C(F)(F)F)cn1. The number of halogens is 3. The maximum atomic E-state index is 12.4. The Kier molecular flexibility index (Phi) is 4.45. The van der Waals surface area contributed by atoms with Gasteiger partial charge < -0.3 is 10.4 Å². The zero-order valence-corrected chi connectivity index (χ0v) is 11.1. The number of alkyl halides is 3. The Morgan fingerprint density at radius 1 is 1.14 bits per heavy atom. The maximum Gasteiger partial charge on any atom is 0.417 e. The van der Waals surface area contributed by atoms with Gasteiger partial charge in [-0.3, -0.25) is 4.79 Å². The first-order chi connectivity index (χ1) is 10.3. The lowest BCUT2D eigenvalue weighted by Crippen LogP contribution is -2.11. The summed E-state index contributed by atoms with van der Waals surface area (Å²) in [6.07, 6.45) is -1.10. The molecule has 0 bridgehead atoms. The van der Waals surface area contributed by atoms with E-state index >= 15 is 0 Å². The summed E-state index contributed by atoms with van der Waals surface area (Å²) in [4.78, 5) is 15.2. The molecule has 1 aromatic carbocycles. The van der Waals surface area contributed by atoms with Gasteiger partial charge in [0.25, 0.3) is 0 Å². The molecular formula is C15H11F3N2O2. The fourth-order valence-electron chi connectivity index (χ4n) is 1.56. The van der Waals surface area contributed by atoms with Crippen LogP contribution in [-0.4, -0.2) is 16.0 Å². The van der Waals surface area contributed by atoms with E-state index in [2.05, 4.69) is 10.3 Å². The smallest absolute Gasteiger partial charge is 0.417 e. The number of aromatic hydroxyl groups is 1. The summed E-state index contributed by atoms with van der Waals surface area (Å²) in [7, 11) is 0. The number of amides is 1. The summed E-state index contributed by atoms with van der Waals surface area (Å²) in [5.41, 5.74) is -0.196. The number of phenolic OH excluding ortho intramolecular Hbond substituents is 1. The summed E-state index contributed by atoms with van der Waals surface area (Å²) in [5.74, 6) is -0.399. The number of hydrogen-bond acceptors (Lipinski definition) is 3. The van der Waals surface area contributed by atoms with Crippen LogP contribution < -0.4 is 5.32 Å². The van der Waals surface area contributed by atoms with Crippen molar-refractivity contribution < 1.29 is 23.1 Å². The van der Waals surface area contributed by atoms with Crippen molar-refractivity contribution in [2.24, 2.45) is 0 Å². The second-order valence-electron chi connectivity index (χ2n) is 4.34. The number of carbonyl (C=O) groups excluding carboxylic acids is 1. The minimum absolute atomic E-state index is 0.0216. The molecule has 0 aliphatic heterocycles. The molecule has 0 saturated carbocycles. The molecule has 2 rings (SSSR count). The molecule has 0 spiro atoms. The predicted octanol–water partition coefficient (Wildman–Crippen LogP) is 3.46. The van der Waals surface area contributed by atoms with Crippen LogP contribution in [0.3, 0.4) is 0 Å². The second kappa shape index (κ2) is 6.30. The highest BCUT2D eigenvalue weighted by Gasteiger charge is 2.30. The molecule has 0 radical (unpaired) electrons. The van der Waals surface area contributed by atoms with Crippen molar-refractivity contribution in [2.75, 3.05) is 5.32 Å². The maximum absolute atomic E-state index is 12.4. The van der Waals surface area contributed by atoms with Crippen molar-refractivity contribution in [3.05, 3.63) is 59.8 Å². The molecular weight excluding hydrogens is 297 g/mol. The number of hydrogen-bond donors (Lipinski definition) is 2. The van der Waals surface area contributed by atoms with E-state index in [1.165, 1.54) is 24.3 Å². The molecule has 2 aromatic rings. The molecule has 22 heavy (non-hydrogen) atoms. The molecule has 1 amide bonds. The highest BCUT2D eigenvalue weighted by molar-refractivity contribution is 6.01. The van der Waals surface area contributed by atoms with E-state index in [-0.39, 0.29) is 11.6 Å². The van der Waals surface area contributed by atoms with Crippen molar-refractivity contribution in [3.63, 3.8) is 0 Å². The monoisotopic (exact) mass is 308 g/mol. The quantitative estimate of drug-likeness (QED) is 0.854. The van der Waals surface area contributed by atoms with Gasteiger partial charge in [-0.15, -0.1) is 0 Å². The van der Waals surface area contributed by atoms with Gasteiger partial charge in [-0.05, 0) is 35.9 Å². The summed E-state index contributed by atoms with van der Waals surface area (Å²) < 4.78 is 37.1. The zero-order chi connectivity index (χ0) is 16.2. The summed E-state index contributed by atoms with van der Waals surface area (Å²) in [6.45, 7) is 0. The van der Waals surface area contributed by atoms with Crippen LogP contribution in [0.5, 0.6) is 5.75 Å². The number of nitrogens with zero attached hydrogens (tertiary/aromatic N) is 1. The number of rotatable bonds is 3. The Morgan fingerprint density at radius 3 is 2.36 bits per heavy atom. The molecule has 0 aliphatic rings. The number of anilines is 1. The number of carbonyl (C=O) groups is 1. The molecule has 114 valence electrons. The second-order valence-corrected chi connectivity index (χ2v) is 4.34. The van der Waals surface area contributed by atoms with Crippen molar-refractivity contribution in [1.82, 2.24) is 4.98 Å². The minimum atomic E-state index is -4.46. The van der Waals surface area contributed by atoms with E-state index in [1.54, 1.807) is 12.1 Å². The third-order valence-electron chi connectivity index (χ3n) is 2.66. The van der Waals surface area contributed by atoms with E-state index in [1.807, 2.05) is 0 Å². The van der Waals surface area contributed by atoms with E-state index in [0.717, 1.165) is 12.1 Å². The third-order valence-corrected chi connectivity index (χ3v) is 2.66. The molecule has 0 atom stereocenters. The highest BCUT2D eigenvalue weighted by Crippen LogP contribution is 2.28. The summed E-state index contributed by atoms with van der Waals surface area (Å²) in [5, 5.41) is 11.5. The van der Waals surface area contributed by atoms with Crippen LogP contribution in [0.4, 0.5) is 19.0 Å². The fourth-order valence-corrected chi connectivity index (χ4v) is 1.56. The van der Waals surface area contributed by atoms with Gasteiger partial charge >= 0.3 is 6.18 Å². The normalized spacial score (nSPS) is 11.6. The summed E-state index contributed by atoms with van der Waals surface area (Å²) >= 11 is 0. The van der Waals surface area contributed by atoms with Gasteiger partial charge in [-0.25, -0.2) is 4.98 Å². The Bertz CT molecular complexity index is 677. The number of aromatic nitrogens is 1. The van der Waals surface area contributed by atoms with Gasteiger partial charge in [-0.2, -0.15) is 13.2 Å². The standard InChI is InChI=1S/C15H11F3N2O2/c16-15(17,18)11-4-7-13(19-9-11)20-14(22)8-3-10-1-5-12(21)6-2-10/h1-9,21H,(H,19,20,22)/b8-3+. The number of benzene rings is 1. The van der Waals surface area contributed by atoms with E-state index in [9.17, 15) is 18.0 Å². The van der Waals surface area contributed by atoms with Gasteiger partial charge in [-0.1, -0.05) is 12.1 Å². The Labute approximate surface area is 123 Å². The third kappa shape index (κ3) is 4.34. The van der Waals surface area contributed by atoms with Crippen LogP contribution in [0.25, 0.3) is 6.08 Å². The van der Waals surface area contributed by atoms with Crippen LogP contribution >= 0.6 is 0 Å². The number of phenols is 1. The number of nitrogens with one attached hydrogen (secondary N) is 1. The number of pyridine rings is 1. The van der Waals surface area contributed by atoms with Gasteiger partial charge in [0, 0.05) is 12.3 Å². The zero-order valence-electron chi connectivity index (χ0n) is 11.1. The average Bonchev–Trinajstić information content (AvgIpc) is 2.46. The van der Waals surface area contributed by atoms with E-state index in [4.69, 9.17) is 5.11 Å².